The molecule has 0 saturated carbocycles. The molecule has 1 rings (SSSR count). The first kappa shape index (κ1) is 13.0. The first-order valence-electron chi connectivity index (χ1n) is 2.61. The van der Waals surface area contributed by atoms with Gasteiger partial charge >= 0.3 is 42.1 Å². The first-order chi connectivity index (χ1) is 3.93. The predicted octanol–water partition coefficient (Wildman–Crippen LogP) is 2.32. The average Bonchev–Trinajstić information content (AvgIpc) is 1.90. The van der Waals surface area contributed by atoms with Gasteiger partial charge in [0.2, 0.25) is 0 Å². The third-order valence-electron chi connectivity index (χ3n) is 1.04. The average molecular weight is 494 g/mol. The summed E-state index contributed by atoms with van der Waals surface area (Å²) in [7, 11) is 0. The minimum Gasteiger partial charge on any atom is -0.0985 e. The molecule has 0 aliphatic rings. The van der Waals surface area contributed by atoms with E-state index in [0.29, 0.717) is 0 Å². The van der Waals surface area contributed by atoms with Crippen molar-refractivity contribution >= 4 is 6.08 Å². The molecule has 0 saturated heterocycles. The van der Waals surface area contributed by atoms with E-state index >= 15 is 0 Å². The second kappa shape index (κ2) is 7.44. The van der Waals surface area contributed by atoms with Crippen molar-refractivity contribution in [3.8, 4) is 0 Å². The Hall–Kier alpha value is 0.337. The molecule has 0 aromatic heterocycles. The zero-order valence-electron chi connectivity index (χ0n) is 5.30. The third kappa shape index (κ3) is 4.20. The number of benzene rings is 1. The summed E-state index contributed by atoms with van der Waals surface area (Å²) in [4.78, 5) is 0. The van der Waals surface area contributed by atoms with E-state index in [9.17, 15) is 0 Å². The van der Waals surface area contributed by atoms with Crippen LogP contribution in [0, 0.1) is 0 Å². The number of hydrogen-bond donors (Lipinski definition) is 0. The van der Waals surface area contributed by atoms with Crippen LogP contribution in [0.15, 0.2) is 36.9 Å². The Morgan fingerprint density at radius 2 is 1.50 bits per heavy atom. The van der Waals surface area contributed by atoms with Gasteiger partial charge in [0.05, 0.1) is 0 Å². The van der Waals surface area contributed by atoms with E-state index < -0.39 is 0 Å². The van der Waals surface area contributed by atoms with Gasteiger partial charge in [-0.2, -0.15) is 0 Å². The van der Waals surface area contributed by atoms with Crippen LogP contribution >= 0.6 is 0 Å². The second-order valence-corrected chi connectivity index (χ2v) is 1.61. The molecule has 0 radical (unpaired) electrons. The van der Waals surface area contributed by atoms with Gasteiger partial charge in [-0.1, -0.05) is 43.0 Å². The van der Waals surface area contributed by atoms with Crippen LogP contribution in [0.4, 0.5) is 0 Å². The molecule has 0 aliphatic heterocycles. The molecular formula is C8H8Pt2+4. The Labute approximate surface area is 90.2 Å². The second-order valence-electron chi connectivity index (χ2n) is 1.61. The van der Waals surface area contributed by atoms with E-state index in [1.54, 1.807) is 0 Å². The van der Waals surface area contributed by atoms with Crippen molar-refractivity contribution in [1.29, 1.82) is 0 Å². The van der Waals surface area contributed by atoms with Crippen molar-refractivity contribution in [2.75, 3.05) is 0 Å². The molecule has 1 aromatic rings. The molecule has 0 unspecified atom stereocenters. The monoisotopic (exact) mass is 494 g/mol. The molecule has 0 spiro atoms. The van der Waals surface area contributed by atoms with Crippen LogP contribution in [0.1, 0.15) is 5.56 Å². The molecule has 0 atom stereocenters. The topological polar surface area (TPSA) is 0 Å². The molecule has 0 amide bonds. The molecule has 1 aromatic carbocycles. The van der Waals surface area contributed by atoms with Crippen molar-refractivity contribution < 1.29 is 42.1 Å². The quantitative estimate of drug-likeness (QED) is 0.563. The maximum absolute atomic E-state index is 3.63. The summed E-state index contributed by atoms with van der Waals surface area (Å²) in [6.07, 6.45) is 1.83. The van der Waals surface area contributed by atoms with E-state index in [4.69, 9.17) is 0 Å². The summed E-state index contributed by atoms with van der Waals surface area (Å²) in [6, 6.07) is 10.0. The minimum atomic E-state index is 0. The predicted molar refractivity (Wildman–Crippen MR) is 36.5 cm³/mol. The van der Waals surface area contributed by atoms with Crippen molar-refractivity contribution in [2.24, 2.45) is 0 Å². The Balaban J connectivity index is 0. The van der Waals surface area contributed by atoms with E-state index in [-0.39, 0.29) is 42.1 Å². The summed E-state index contributed by atoms with van der Waals surface area (Å²) in [5, 5.41) is 0. The van der Waals surface area contributed by atoms with Gasteiger partial charge in [0.1, 0.15) is 0 Å². The van der Waals surface area contributed by atoms with Crippen molar-refractivity contribution in [1.82, 2.24) is 0 Å². The minimum absolute atomic E-state index is 0. The van der Waals surface area contributed by atoms with Gasteiger partial charge in [-0.3, -0.25) is 0 Å². The smallest absolute Gasteiger partial charge is 0.0985 e. The van der Waals surface area contributed by atoms with Crippen LogP contribution < -0.4 is 0 Å². The maximum Gasteiger partial charge on any atom is 2.00 e. The Bertz CT molecular complexity index is 170. The largest absolute Gasteiger partial charge is 2.00 e. The summed E-state index contributed by atoms with van der Waals surface area (Å²) in [5.41, 5.74) is 1.17. The maximum atomic E-state index is 3.63. The fourth-order valence-electron chi connectivity index (χ4n) is 0.589. The fraction of sp³-hybridized carbons (Fsp3) is 0. The molecule has 0 fully saturated rings. The molecule has 10 heavy (non-hydrogen) atoms. The first-order valence-corrected chi connectivity index (χ1v) is 2.61. The molecule has 0 aliphatic carbocycles. The van der Waals surface area contributed by atoms with Crippen LogP contribution in [0.2, 0.25) is 0 Å². The third-order valence-corrected chi connectivity index (χ3v) is 1.04. The zero-order valence-corrected chi connectivity index (χ0v) is 9.85. The molecular weight excluding hydrogens is 486 g/mol. The van der Waals surface area contributed by atoms with E-state index in [1.165, 1.54) is 5.56 Å². The summed E-state index contributed by atoms with van der Waals surface area (Å²) in [6.45, 7) is 3.63. The van der Waals surface area contributed by atoms with Crippen molar-refractivity contribution in [2.45, 2.75) is 0 Å². The normalized spacial score (nSPS) is 6.80. The van der Waals surface area contributed by atoms with Crippen LogP contribution in [0.25, 0.3) is 6.08 Å². The van der Waals surface area contributed by atoms with Crippen LogP contribution in [-0.4, -0.2) is 0 Å². The Kier molecular flexibility index (Phi) is 9.65. The van der Waals surface area contributed by atoms with Gasteiger partial charge < -0.3 is 0 Å². The molecule has 0 heterocycles. The van der Waals surface area contributed by atoms with Gasteiger partial charge in [-0.05, 0) is 5.56 Å². The Morgan fingerprint density at radius 3 is 1.80 bits per heavy atom. The van der Waals surface area contributed by atoms with Crippen molar-refractivity contribution in [3.05, 3.63) is 42.5 Å². The number of rotatable bonds is 1. The van der Waals surface area contributed by atoms with Gasteiger partial charge in [0.25, 0.3) is 0 Å². The van der Waals surface area contributed by atoms with Gasteiger partial charge in [0, 0.05) is 0 Å². The van der Waals surface area contributed by atoms with Gasteiger partial charge in [-0.25, -0.2) is 0 Å². The molecule has 56 valence electrons. The van der Waals surface area contributed by atoms with E-state index in [0.717, 1.165) is 0 Å². The van der Waals surface area contributed by atoms with Crippen LogP contribution in [0.3, 0.4) is 0 Å². The SMILES string of the molecule is C=Cc1ccccc1.[Pt+2].[Pt+2]. The zero-order chi connectivity index (χ0) is 5.82. The molecule has 0 nitrogen and oxygen atoms in total. The van der Waals surface area contributed by atoms with Gasteiger partial charge in [0.15, 0.2) is 0 Å². The standard InChI is InChI=1S/C8H8.2Pt/c1-2-8-6-4-3-5-7-8;;/h2-7H,1H2;;/q;2*+2. The van der Waals surface area contributed by atoms with E-state index in [1.807, 2.05) is 36.4 Å². The van der Waals surface area contributed by atoms with Gasteiger partial charge in [-0.15, -0.1) is 0 Å². The summed E-state index contributed by atoms with van der Waals surface area (Å²) >= 11 is 0. The molecule has 2 heteroatoms. The number of hydrogen-bond acceptors (Lipinski definition) is 0. The molecule has 0 N–H and O–H groups in total. The Morgan fingerprint density at radius 1 is 1.00 bits per heavy atom. The molecule has 0 bridgehead atoms. The van der Waals surface area contributed by atoms with Crippen LogP contribution in [-0.2, 0) is 42.1 Å². The van der Waals surface area contributed by atoms with E-state index in [2.05, 4.69) is 6.58 Å². The van der Waals surface area contributed by atoms with Crippen molar-refractivity contribution in [3.63, 3.8) is 0 Å². The van der Waals surface area contributed by atoms with Crippen LogP contribution in [0.5, 0.6) is 0 Å². The summed E-state index contributed by atoms with van der Waals surface area (Å²) < 4.78 is 0. The summed E-state index contributed by atoms with van der Waals surface area (Å²) in [5.74, 6) is 0. The fourth-order valence-corrected chi connectivity index (χ4v) is 0.589.